The van der Waals surface area contributed by atoms with E-state index in [1.807, 2.05) is 6.92 Å². The maximum Gasteiger partial charge on any atom is 0.368 e. The van der Waals surface area contributed by atoms with Crippen LogP contribution in [-0.4, -0.2) is 11.2 Å². The molecule has 0 rings (SSSR count). The van der Waals surface area contributed by atoms with E-state index in [2.05, 4.69) is 25.7 Å². The van der Waals surface area contributed by atoms with Gasteiger partial charge >= 0.3 is 5.97 Å². The third kappa shape index (κ3) is 4.68. The van der Waals surface area contributed by atoms with Crippen LogP contribution in [0.25, 0.3) is 0 Å². The van der Waals surface area contributed by atoms with Crippen LogP contribution in [0.3, 0.4) is 0 Å². The summed E-state index contributed by atoms with van der Waals surface area (Å²) in [4.78, 5) is 14.6. The number of hydrogen-bond acceptors (Lipinski definition) is 3. The van der Waals surface area contributed by atoms with Crippen molar-refractivity contribution in [3.05, 3.63) is 11.1 Å². The fourth-order valence-electron chi connectivity index (χ4n) is 1.17. The van der Waals surface area contributed by atoms with Crippen LogP contribution in [0.15, 0.2) is 11.1 Å². The maximum absolute atomic E-state index is 10.9. The molecule has 0 aromatic carbocycles. The average molecular weight is 186 g/mol. The van der Waals surface area contributed by atoms with E-state index >= 15 is 0 Å². The van der Waals surface area contributed by atoms with Crippen molar-refractivity contribution in [3.8, 4) is 0 Å². The topological polar surface area (TPSA) is 46.5 Å². The highest BCUT2D eigenvalue weighted by Gasteiger charge is 2.15. The van der Waals surface area contributed by atoms with Crippen LogP contribution in [0.4, 0.5) is 0 Å². The zero-order valence-corrected chi connectivity index (χ0v) is 8.97. The summed E-state index contributed by atoms with van der Waals surface area (Å²) in [6, 6.07) is 0. The highest BCUT2D eigenvalue weighted by Crippen LogP contribution is 2.25. The lowest BCUT2D eigenvalue weighted by Crippen LogP contribution is -2.10. The first kappa shape index (κ1) is 12.2. The molecule has 3 nitrogen and oxygen atoms in total. The van der Waals surface area contributed by atoms with Crippen LogP contribution >= 0.6 is 0 Å². The van der Waals surface area contributed by atoms with Gasteiger partial charge in [-0.05, 0) is 25.7 Å². The largest absolute Gasteiger partial charge is 0.368 e. The van der Waals surface area contributed by atoms with Gasteiger partial charge in [-0.1, -0.05) is 26.3 Å². The first-order valence-electron chi connectivity index (χ1n) is 4.30. The van der Waals surface area contributed by atoms with Gasteiger partial charge in [0.2, 0.25) is 0 Å². The molecular weight excluding hydrogens is 168 g/mol. The zero-order chi connectivity index (χ0) is 10.6. The molecule has 0 spiro atoms. The van der Waals surface area contributed by atoms with Crippen LogP contribution in [0.1, 0.15) is 41.0 Å². The van der Waals surface area contributed by atoms with Crippen molar-refractivity contribution in [2.45, 2.75) is 41.0 Å². The van der Waals surface area contributed by atoms with E-state index in [0.717, 1.165) is 12.0 Å². The monoisotopic (exact) mass is 186 g/mol. The smallest absolute Gasteiger partial charge is 0.296 e. The first-order chi connectivity index (χ1) is 5.78. The normalized spacial score (nSPS) is 13.7. The Morgan fingerprint density at radius 1 is 1.31 bits per heavy atom. The number of carbonyl (C=O) groups is 1. The second-order valence-electron chi connectivity index (χ2n) is 4.52. The molecule has 0 fully saturated rings. The quantitative estimate of drug-likeness (QED) is 0.410. The lowest BCUT2D eigenvalue weighted by Gasteiger charge is -2.19. The molecule has 0 aromatic rings. The van der Waals surface area contributed by atoms with Gasteiger partial charge in [-0.2, -0.15) is 5.26 Å². The standard InChI is InChI=1S/C10H18O3/c1-7(6-10(3,4)5)8(2)9(11)13-12/h12H,6H2,1-5H3. The molecule has 0 saturated carbocycles. The van der Waals surface area contributed by atoms with Gasteiger partial charge in [0.25, 0.3) is 0 Å². The summed E-state index contributed by atoms with van der Waals surface area (Å²) < 4.78 is 0. The molecule has 0 saturated heterocycles. The van der Waals surface area contributed by atoms with Crippen molar-refractivity contribution in [3.63, 3.8) is 0 Å². The Hall–Kier alpha value is -0.830. The number of hydrogen-bond donors (Lipinski definition) is 1. The van der Waals surface area contributed by atoms with E-state index in [4.69, 9.17) is 5.26 Å². The van der Waals surface area contributed by atoms with Crippen LogP contribution < -0.4 is 0 Å². The summed E-state index contributed by atoms with van der Waals surface area (Å²) in [5, 5.41) is 8.17. The molecule has 76 valence electrons. The molecular formula is C10H18O3. The van der Waals surface area contributed by atoms with E-state index in [1.165, 1.54) is 0 Å². The van der Waals surface area contributed by atoms with Gasteiger partial charge in [0.15, 0.2) is 0 Å². The lowest BCUT2D eigenvalue weighted by atomic mass is 9.87. The molecule has 0 aromatic heterocycles. The van der Waals surface area contributed by atoms with Crippen molar-refractivity contribution < 1.29 is 14.9 Å². The molecule has 0 amide bonds. The minimum atomic E-state index is -0.665. The Morgan fingerprint density at radius 2 is 1.77 bits per heavy atom. The Balaban J connectivity index is 4.54. The molecule has 0 aliphatic heterocycles. The Kier molecular flexibility index (Phi) is 4.14. The van der Waals surface area contributed by atoms with Gasteiger partial charge in [0.1, 0.15) is 0 Å². The van der Waals surface area contributed by atoms with Gasteiger partial charge in [-0.15, -0.1) is 0 Å². The number of allylic oxidation sites excluding steroid dienone is 1. The molecule has 0 unspecified atom stereocenters. The molecule has 0 aliphatic carbocycles. The molecule has 0 atom stereocenters. The molecule has 1 N–H and O–H groups in total. The third-order valence-electron chi connectivity index (χ3n) is 1.82. The molecule has 0 heterocycles. The van der Waals surface area contributed by atoms with Crippen molar-refractivity contribution in [2.75, 3.05) is 0 Å². The van der Waals surface area contributed by atoms with Crippen molar-refractivity contribution in [1.29, 1.82) is 0 Å². The molecule has 3 heteroatoms. The van der Waals surface area contributed by atoms with Gasteiger partial charge in [-0.3, -0.25) is 4.89 Å². The third-order valence-corrected chi connectivity index (χ3v) is 1.82. The number of carbonyl (C=O) groups excluding carboxylic acids is 1. The van der Waals surface area contributed by atoms with E-state index in [0.29, 0.717) is 5.57 Å². The van der Waals surface area contributed by atoms with Crippen molar-refractivity contribution in [1.82, 2.24) is 0 Å². The Bertz CT molecular complexity index is 221. The minimum absolute atomic E-state index is 0.140. The van der Waals surface area contributed by atoms with E-state index in [-0.39, 0.29) is 5.41 Å². The van der Waals surface area contributed by atoms with Gasteiger partial charge in [0.05, 0.1) is 0 Å². The molecule has 0 radical (unpaired) electrons. The van der Waals surface area contributed by atoms with Gasteiger partial charge in [-0.25, -0.2) is 4.79 Å². The van der Waals surface area contributed by atoms with Crippen LogP contribution in [0.2, 0.25) is 0 Å². The highest BCUT2D eigenvalue weighted by atomic mass is 17.1. The van der Waals surface area contributed by atoms with Crippen molar-refractivity contribution in [2.24, 2.45) is 5.41 Å². The van der Waals surface area contributed by atoms with Crippen LogP contribution in [-0.2, 0) is 9.68 Å². The Labute approximate surface area is 79.3 Å². The fraction of sp³-hybridized carbons (Fsp3) is 0.700. The van der Waals surface area contributed by atoms with E-state index < -0.39 is 5.97 Å². The second-order valence-corrected chi connectivity index (χ2v) is 4.52. The van der Waals surface area contributed by atoms with Crippen LogP contribution in [0.5, 0.6) is 0 Å². The minimum Gasteiger partial charge on any atom is -0.296 e. The van der Waals surface area contributed by atoms with Gasteiger partial charge in [0, 0.05) is 5.57 Å². The van der Waals surface area contributed by atoms with Crippen LogP contribution in [0, 0.1) is 5.41 Å². The van der Waals surface area contributed by atoms with E-state index in [9.17, 15) is 4.79 Å². The maximum atomic E-state index is 10.9. The zero-order valence-electron chi connectivity index (χ0n) is 8.97. The summed E-state index contributed by atoms with van der Waals surface area (Å²) in [5.41, 5.74) is 1.57. The summed E-state index contributed by atoms with van der Waals surface area (Å²) in [5.74, 6) is -0.665. The average Bonchev–Trinajstić information content (AvgIpc) is 1.98. The summed E-state index contributed by atoms with van der Waals surface area (Å²) in [6.45, 7) is 9.80. The SMILES string of the molecule is CC(CC(C)(C)C)=C(C)C(=O)OO. The predicted molar refractivity (Wildman–Crippen MR) is 51.2 cm³/mol. The highest BCUT2D eigenvalue weighted by molar-refractivity contribution is 5.88. The molecule has 13 heavy (non-hydrogen) atoms. The van der Waals surface area contributed by atoms with Gasteiger partial charge < -0.3 is 0 Å². The lowest BCUT2D eigenvalue weighted by molar-refractivity contribution is -0.229. The number of rotatable bonds is 2. The molecule has 0 bridgehead atoms. The van der Waals surface area contributed by atoms with Crippen molar-refractivity contribution >= 4 is 5.97 Å². The summed E-state index contributed by atoms with van der Waals surface area (Å²) in [7, 11) is 0. The fourth-order valence-corrected chi connectivity index (χ4v) is 1.17. The van der Waals surface area contributed by atoms with E-state index in [1.54, 1.807) is 6.92 Å². The summed E-state index contributed by atoms with van der Waals surface area (Å²) in [6.07, 6.45) is 0.813. The first-order valence-corrected chi connectivity index (χ1v) is 4.30. The predicted octanol–water partition coefficient (Wildman–Crippen LogP) is 2.78. The Morgan fingerprint density at radius 3 is 2.08 bits per heavy atom. The molecule has 0 aliphatic rings. The second kappa shape index (κ2) is 4.42. The summed E-state index contributed by atoms with van der Waals surface area (Å²) >= 11 is 0.